The molecule has 3 nitrogen and oxygen atoms in total. The largest absolute Gasteiger partial charge is 0.434 e. The molecule has 1 aromatic carbocycles. The summed E-state index contributed by atoms with van der Waals surface area (Å²) in [5.74, 6) is 0. The first-order chi connectivity index (χ1) is 7.80. The van der Waals surface area contributed by atoms with Crippen LogP contribution in [-0.4, -0.2) is 6.02 Å². The van der Waals surface area contributed by atoms with Gasteiger partial charge in [0.15, 0.2) is 0 Å². The third-order valence-corrected chi connectivity index (χ3v) is 2.96. The molecule has 2 aliphatic rings. The molecule has 2 N–H and O–H groups in total. The first kappa shape index (κ1) is 9.21. The van der Waals surface area contributed by atoms with Gasteiger partial charge in [0.2, 0.25) is 0 Å². The molecule has 1 heterocycles. The number of aliphatic imine (C=N–C) groups is 1. The SMILES string of the molecule is NC1=NC2(C=CCc3ccccc32)C=CO1. The molecule has 1 unspecified atom stereocenters. The quantitative estimate of drug-likeness (QED) is 0.667. The van der Waals surface area contributed by atoms with Gasteiger partial charge in [-0.3, -0.25) is 0 Å². The maximum absolute atomic E-state index is 5.64. The predicted octanol–water partition coefficient (Wildman–Crippen LogP) is 1.85. The maximum Gasteiger partial charge on any atom is 0.288 e. The van der Waals surface area contributed by atoms with Crippen molar-refractivity contribution in [1.82, 2.24) is 0 Å². The Morgan fingerprint density at radius 3 is 3.00 bits per heavy atom. The molecule has 0 amide bonds. The number of hydrogen-bond acceptors (Lipinski definition) is 3. The fraction of sp³-hybridized carbons (Fsp3) is 0.154. The minimum atomic E-state index is -0.461. The van der Waals surface area contributed by atoms with Gasteiger partial charge in [-0.15, -0.1) is 0 Å². The lowest BCUT2D eigenvalue weighted by Gasteiger charge is -2.30. The van der Waals surface area contributed by atoms with Crippen molar-refractivity contribution in [3.05, 3.63) is 59.9 Å². The second kappa shape index (κ2) is 3.23. The van der Waals surface area contributed by atoms with Crippen LogP contribution < -0.4 is 5.73 Å². The Labute approximate surface area is 93.9 Å². The molecule has 3 heteroatoms. The van der Waals surface area contributed by atoms with Crippen molar-refractivity contribution in [2.45, 2.75) is 12.0 Å². The van der Waals surface area contributed by atoms with Crippen molar-refractivity contribution >= 4 is 6.02 Å². The molecular formula is C13H12N2O. The minimum Gasteiger partial charge on any atom is -0.434 e. The summed E-state index contributed by atoms with van der Waals surface area (Å²) in [5.41, 5.74) is 7.64. The van der Waals surface area contributed by atoms with Gasteiger partial charge < -0.3 is 10.5 Å². The van der Waals surface area contributed by atoms with Crippen LogP contribution in [0.2, 0.25) is 0 Å². The Bertz CT molecular complexity index is 516. The standard InChI is InChI=1S/C13H12N2O/c14-12-15-13(8-9-16-12)7-3-5-10-4-1-2-6-11(10)13/h1-4,6-9H,5H2,(H2,14,15). The van der Waals surface area contributed by atoms with Crippen molar-refractivity contribution < 1.29 is 4.74 Å². The molecule has 0 saturated heterocycles. The van der Waals surface area contributed by atoms with E-state index in [-0.39, 0.29) is 6.02 Å². The molecule has 1 aliphatic heterocycles. The molecule has 0 radical (unpaired) electrons. The zero-order valence-electron chi connectivity index (χ0n) is 8.76. The van der Waals surface area contributed by atoms with Crippen LogP contribution in [0.25, 0.3) is 0 Å². The Kier molecular flexibility index (Phi) is 1.86. The van der Waals surface area contributed by atoms with Crippen LogP contribution in [0.3, 0.4) is 0 Å². The first-order valence-electron chi connectivity index (χ1n) is 5.26. The smallest absolute Gasteiger partial charge is 0.288 e. The minimum absolute atomic E-state index is 0.212. The van der Waals surface area contributed by atoms with Gasteiger partial charge in [-0.1, -0.05) is 36.4 Å². The highest BCUT2D eigenvalue weighted by molar-refractivity contribution is 5.75. The van der Waals surface area contributed by atoms with Crippen LogP contribution in [0.15, 0.2) is 53.7 Å². The summed E-state index contributed by atoms with van der Waals surface area (Å²) < 4.78 is 5.03. The summed E-state index contributed by atoms with van der Waals surface area (Å²) >= 11 is 0. The third-order valence-electron chi connectivity index (χ3n) is 2.96. The van der Waals surface area contributed by atoms with E-state index in [9.17, 15) is 0 Å². The van der Waals surface area contributed by atoms with Gasteiger partial charge in [0, 0.05) is 0 Å². The molecule has 0 bridgehead atoms. The van der Waals surface area contributed by atoms with E-state index in [1.54, 1.807) is 6.26 Å². The van der Waals surface area contributed by atoms with E-state index in [1.807, 2.05) is 18.2 Å². The van der Waals surface area contributed by atoms with Crippen LogP contribution in [0, 0.1) is 0 Å². The van der Waals surface area contributed by atoms with Gasteiger partial charge in [0.05, 0.1) is 6.26 Å². The number of amidine groups is 1. The second-order valence-corrected chi connectivity index (χ2v) is 3.96. The van der Waals surface area contributed by atoms with Crippen molar-refractivity contribution in [1.29, 1.82) is 0 Å². The number of hydrogen-bond donors (Lipinski definition) is 1. The van der Waals surface area contributed by atoms with Gasteiger partial charge in [0.1, 0.15) is 5.54 Å². The van der Waals surface area contributed by atoms with E-state index >= 15 is 0 Å². The molecule has 0 fully saturated rings. The van der Waals surface area contributed by atoms with Crippen LogP contribution in [0.5, 0.6) is 0 Å². The van der Waals surface area contributed by atoms with Crippen molar-refractivity contribution in [2.24, 2.45) is 10.7 Å². The van der Waals surface area contributed by atoms with E-state index < -0.39 is 5.54 Å². The Morgan fingerprint density at radius 1 is 1.25 bits per heavy atom. The molecule has 80 valence electrons. The topological polar surface area (TPSA) is 47.6 Å². The number of nitrogens with zero attached hydrogens (tertiary/aromatic N) is 1. The van der Waals surface area contributed by atoms with E-state index in [4.69, 9.17) is 10.5 Å². The zero-order chi connectivity index (χ0) is 11.0. The highest BCUT2D eigenvalue weighted by Gasteiger charge is 2.32. The van der Waals surface area contributed by atoms with Crippen LogP contribution in [0.1, 0.15) is 11.1 Å². The molecule has 3 rings (SSSR count). The van der Waals surface area contributed by atoms with Gasteiger partial charge in [0.25, 0.3) is 6.02 Å². The average Bonchev–Trinajstić information content (AvgIpc) is 2.30. The number of rotatable bonds is 0. The van der Waals surface area contributed by atoms with Crippen LogP contribution >= 0.6 is 0 Å². The number of ether oxygens (including phenoxy) is 1. The van der Waals surface area contributed by atoms with Gasteiger partial charge in [-0.2, -0.15) is 0 Å². The van der Waals surface area contributed by atoms with Gasteiger partial charge in [-0.25, -0.2) is 4.99 Å². The zero-order valence-corrected chi connectivity index (χ0v) is 8.76. The molecule has 1 atom stereocenters. The molecule has 0 aromatic heterocycles. The van der Waals surface area contributed by atoms with E-state index in [0.717, 1.165) is 6.42 Å². The van der Waals surface area contributed by atoms with E-state index in [2.05, 4.69) is 29.3 Å². The summed E-state index contributed by atoms with van der Waals surface area (Å²) in [4.78, 5) is 4.41. The summed E-state index contributed by atoms with van der Waals surface area (Å²) in [6.45, 7) is 0. The lowest BCUT2D eigenvalue weighted by Crippen LogP contribution is -2.30. The average molecular weight is 212 g/mol. The molecular weight excluding hydrogens is 200 g/mol. The lowest BCUT2D eigenvalue weighted by molar-refractivity contribution is 0.425. The Morgan fingerprint density at radius 2 is 2.12 bits per heavy atom. The predicted molar refractivity (Wildman–Crippen MR) is 62.8 cm³/mol. The van der Waals surface area contributed by atoms with Crippen molar-refractivity contribution in [3.63, 3.8) is 0 Å². The Balaban J connectivity index is 2.21. The monoisotopic (exact) mass is 212 g/mol. The summed E-state index contributed by atoms with van der Waals surface area (Å²) in [6, 6.07) is 8.49. The van der Waals surface area contributed by atoms with Crippen molar-refractivity contribution in [3.8, 4) is 0 Å². The number of allylic oxidation sites excluding steroid dienone is 1. The molecule has 1 aromatic rings. The molecule has 16 heavy (non-hydrogen) atoms. The fourth-order valence-corrected chi connectivity index (χ4v) is 2.24. The summed E-state index contributed by atoms with van der Waals surface area (Å²) in [6.07, 6.45) is 8.67. The summed E-state index contributed by atoms with van der Waals surface area (Å²) in [5, 5.41) is 0. The van der Waals surface area contributed by atoms with E-state index in [1.165, 1.54) is 11.1 Å². The fourth-order valence-electron chi connectivity index (χ4n) is 2.24. The van der Waals surface area contributed by atoms with Crippen LogP contribution in [0.4, 0.5) is 0 Å². The first-order valence-corrected chi connectivity index (χ1v) is 5.26. The Hall–Kier alpha value is -2.03. The molecule has 1 spiro atoms. The number of benzene rings is 1. The number of nitrogens with two attached hydrogens (primary N) is 1. The lowest BCUT2D eigenvalue weighted by atomic mass is 9.81. The van der Waals surface area contributed by atoms with Crippen molar-refractivity contribution in [2.75, 3.05) is 0 Å². The molecule has 0 saturated carbocycles. The molecule has 1 aliphatic carbocycles. The van der Waals surface area contributed by atoms with Gasteiger partial charge >= 0.3 is 0 Å². The normalized spacial score (nSPS) is 26.1. The van der Waals surface area contributed by atoms with Crippen LogP contribution in [-0.2, 0) is 16.7 Å². The highest BCUT2D eigenvalue weighted by atomic mass is 16.5. The number of fused-ring (bicyclic) bond motifs is 2. The third kappa shape index (κ3) is 1.25. The second-order valence-electron chi connectivity index (χ2n) is 3.96. The summed E-state index contributed by atoms with van der Waals surface area (Å²) in [7, 11) is 0. The highest BCUT2D eigenvalue weighted by Crippen LogP contribution is 2.36. The van der Waals surface area contributed by atoms with E-state index in [0.29, 0.717) is 0 Å². The maximum atomic E-state index is 5.64. The van der Waals surface area contributed by atoms with Gasteiger partial charge in [-0.05, 0) is 23.6 Å².